The zero-order valence-electron chi connectivity index (χ0n) is 26.3. The highest BCUT2D eigenvalue weighted by Crippen LogP contribution is 2.17. The Bertz CT molecular complexity index is 738. The van der Waals surface area contributed by atoms with E-state index in [-0.39, 0.29) is 36.4 Å². The molecule has 1 N–H and O–H groups in total. The second kappa shape index (κ2) is 17.3. The minimum Gasteiger partial charge on any atom is -0.460 e. The number of hydrogen-bond donors (Lipinski definition) is 1. The monoisotopic (exact) mass is 545 g/mol. The van der Waals surface area contributed by atoms with Crippen molar-refractivity contribution >= 4 is 23.9 Å². The number of hydrogen-bond acceptors (Lipinski definition) is 7. The van der Waals surface area contributed by atoms with Gasteiger partial charge in [0.25, 0.3) is 0 Å². The van der Waals surface area contributed by atoms with Crippen LogP contribution in [-0.4, -0.2) is 90.8 Å². The molecule has 10 heteroatoms. The normalized spacial score (nSPS) is 11.7. The van der Waals surface area contributed by atoms with Crippen LogP contribution >= 0.6 is 0 Å². The van der Waals surface area contributed by atoms with E-state index in [1.807, 2.05) is 55.4 Å². The second-order valence-electron chi connectivity index (χ2n) is 12.5. The molecule has 0 radical (unpaired) electrons. The van der Waals surface area contributed by atoms with E-state index in [0.29, 0.717) is 32.0 Å². The molecule has 0 unspecified atom stereocenters. The summed E-state index contributed by atoms with van der Waals surface area (Å²) in [6, 6.07) is 0. The van der Waals surface area contributed by atoms with E-state index >= 15 is 0 Å². The molecule has 0 heterocycles. The van der Waals surface area contributed by atoms with Crippen LogP contribution < -0.4 is 5.32 Å². The lowest BCUT2D eigenvalue weighted by molar-refractivity contribution is -0.152. The smallest absolute Gasteiger partial charge is 0.410 e. The second-order valence-corrected chi connectivity index (χ2v) is 12.5. The van der Waals surface area contributed by atoms with Crippen LogP contribution in [0.25, 0.3) is 0 Å². The molecule has 0 atom stereocenters. The molecule has 0 aromatic carbocycles. The van der Waals surface area contributed by atoms with Crippen molar-refractivity contribution in [1.29, 1.82) is 0 Å². The average Bonchev–Trinajstić information content (AvgIpc) is 2.67. The fourth-order valence-corrected chi connectivity index (χ4v) is 2.89. The van der Waals surface area contributed by atoms with E-state index in [4.69, 9.17) is 14.2 Å². The van der Waals surface area contributed by atoms with Gasteiger partial charge in [-0.25, -0.2) is 4.79 Å². The van der Waals surface area contributed by atoms with Crippen LogP contribution in [0.1, 0.15) is 95.4 Å². The fourth-order valence-electron chi connectivity index (χ4n) is 2.89. The van der Waals surface area contributed by atoms with Gasteiger partial charge in [-0.15, -0.1) is 0 Å². The van der Waals surface area contributed by atoms with Crippen molar-refractivity contribution in [2.75, 3.05) is 40.3 Å². The van der Waals surface area contributed by atoms with Crippen LogP contribution in [-0.2, 0) is 28.6 Å². The topological polar surface area (TPSA) is 114 Å². The first-order valence-electron chi connectivity index (χ1n) is 13.3. The van der Waals surface area contributed by atoms with Gasteiger partial charge < -0.3 is 29.3 Å². The fraction of sp³-hybridized carbons (Fsp3) is 0.857. The van der Waals surface area contributed by atoms with Crippen LogP contribution in [0.15, 0.2) is 0 Å². The summed E-state index contributed by atoms with van der Waals surface area (Å²) >= 11 is 0. The molecule has 38 heavy (non-hydrogen) atoms. The highest BCUT2D eigenvalue weighted by molar-refractivity contribution is 5.85. The standard InChI is InChI=1S/C22H43N3O5.C6H12O2/c1-17(2)11-14-29-22(6,7)15-19(27)25(9)16-18(26)23-12-10-13-24(8)20(28)30-21(3,4)5;1-5(7)8-6(2,3)4/h17H,10-16H2,1-9H3,(H,23,26);1-4H3. The lowest BCUT2D eigenvalue weighted by Crippen LogP contribution is -2.42. The van der Waals surface area contributed by atoms with Gasteiger partial charge in [0.2, 0.25) is 11.8 Å². The summed E-state index contributed by atoms with van der Waals surface area (Å²) in [5.74, 6) is -0.0436. The summed E-state index contributed by atoms with van der Waals surface area (Å²) in [7, 11) is 3.27. The molecule has 10 nitrogen and oxygen atoms in total. The van der Waals surface area contributed by atoms with E-state index in [9.17, 15) is 19.2 Å². The highest BCUT2D eigenvalue weighted by atomic mass is 16.6. The minimum absolute atomic E-state index is 0.0111. The van der Waals surface area contributed by atoms with Crippen molar-refractivity contribution in [2.45, 2.75) is 112 Å². The van der Waals surface area contributed by atoms with Crippen LogP contribution in [0, 0.1) is 5.92 Å². The SMILES string of the molecule is CC(=O)OC(C)(C)C.CC(C)CCOC(C)(C)CC(=O)N(C)CC(=O)NCCCN(C)C(=O)OC(C)(C)C. The molecule has 224 valence electrons. The molecule has 0 aliphatic carbocycles. The zero-order chi connectivity index (χ0) is 30.3. The summed E-state index contributed by atoms with van der Waals surface area (Å²) in [5.41, 5.74) is -1.43. The summed E-state index contributed by atoms with van der Waals surface area (Å²) < 4.78 is 15.9. The predicted molar refractivity (Wildman–Crippen MR) is 150 cm³/mol. The van der Waals surface area contributed by atoms with Crippen LogP contribution in [0.5, 0.6) is 0 Å². The Kier molecular flexibility index (Phi) is 17.2. The molecule has 0 aliphatic rings. The van der Waals surface area contributed by atoms with Gasteiger partial charge in [-0.3, -0.25) is 14.4 Å². The molecule has 0 aromatic rings. The maximum absolute atomic E-state index is 12.4. The van der Waals surface area contributed by atoms with Gasteiger partial charge >= 0.3 is 12.1 Å². The third-order valence-electron chi connectivity index (χ3n) is 4.72. The van der Waals surface area contributed by atoms with Gasteiger partial charge in [-0.05, 0) is 74.1 Å². The van der Waals surface area contributed by atoms with Gasteiger partial charge in [0, 0.05) is 40.7 Å². The third-order valence-corrected chi connectivity index (χ3v) is 4.72. The summed E-state index contributed by atoms with van der Waals surface area (Å²) in [4.78, 5) is 49.5. The first kappa shape index (κ1) is 37.8. The molecular weight excluding hydrogens is 490 g/mol. The minimum atomic E-state index is -0.567. The van der Waals surface area contributed by atoms with Crippen molar-refractivity contribution in [3.8, 4) is 0 Å². The van der Waals surface area contributed by atoms with Gasteiger partial charge in [-0.2, -0.15) is 0 Å². The van der Waals surface area contributed by atoms with Crippen molar-refractivity contribution in [2.24, 2.45) is 5.92 Å². The quantitative estimate of drug-likeness (QED) is 0.286. The van der Waals surface area contributed by atoms with E-state index in [1.54, 1.807) is 14.1 Å². The van der Waals surface area contributed by atoms with Crippen molar-refractivity contribution in [1.82, 2.24) is 15.1 Å². The molecular formula is C28H55N3O7. The zero-order valence-corrected chi connectivity index (χ0v) is 26.3. The van der Waals surface area contributed by atoms with Crippen LogP contribution in [0.2, 0.25) is 0 Å². The van der Waals surface area contributed by atoms with Crippen LogP contribution in [0.4, 0.5) is 4.79 Å². The number of ether oxygens (including phenoxy) is 3. The average molecular weight is 546 g/mol. The van der Waals surface area contributed by atoms with Gasteiger partial charge in [-0.1, -0.05) is 13.8 Å². The van der Waals surface area contributed by atoms with E-state index in [1.165, 1.54) is 16.7 Å². The molecule has 0 fully saturated rings. The molecule has 0 rings (SSSR count). The molecule has 0 aromatic heterocycles. The number of nitrogens with one attached hydrogen (secondary N) is 1. The number of carbonyl (C=O) groups excluding carboxylic acids is 4. The molecule has 0 saturated heterocycles. The molecule has 0 aliphatic heterocycles. The Hall–Kier alpha value is -2.36. The number of rotatable bonds is 12. The number of amides is 3. The summed E-state index contributed by atoms with van der Waals surface area (Å²) in [6.45, 7) is 21.9. The Morgan fingerprint density at radius 1 is 0.842 bits per heavy atom. The molecule has 0 saturated carbocycles. The summed E-state index contributed by atoms with van der Waals surface area (Å²) in [6.07, 6.45) is 1.36. The van der Waals surface area contributed by atoms with E-state index < -0.39 is 17.3 Å². The van der Waals surface area contributed by atoms with Gasteiger partial charge in [0.1, 0.15) is 11.2 Å². The number of esters is 1. The van der Waals surface area contributed by atoms with Gasteiger partial charge in [0.05, 0.1) is 18.6 Å². The third kappa shape index (κ3) is 24.0. The van der Waals surface area contributed by atoms with Crippen molar-refractivity contribution < 1.29 is 33.4 Å². The lowest BCUT2D eigenvalue weighted by atomic mass is 10.0. The number of likely N-dealkylation sites (N-methyl/N-ethyl adjacent to an activating group) is 1. The molecule has 0 bridgehead atoms. The first-order valence-corrected chi connectivity index (χ1v) is 13.3. The summed E-state index contributed by atoms with van der Waals surface area (Å²) in [5, 5.41) is 2.78. The van der Waals surface area contributed by atoms with Crippen LogP contribution in [0.3, 0.4) is 0 Å². The first-order chi connectivity index (χ1) is 17.0. The maximum Gasteiger partial charge on any atom is 0.410 e. The van der Waals surface area contributed by atoms with Crippen molar-refractivity contribution in [3.63, 3.8) is 0 Å². The number of carbonyl (C=O) groups is 4. The Morgan fingerprint density at radius 3 is 1.79 bits per heavy atom. The Morgan fingerprint density at radius 2 is 1.37 bits per heavy atom. The molecule has 3 amide bonds. The Labute approximate surface area is 231 Å². The van der Waals surface area contributed by atoms with E-state index in [2.05, 4.69) is 19.2 Å². The number of nitrogens with zero attached hydrogens (tertiary/aromatic N) is 2. The molecule has 0 spiro atoms. The Balaban J connectivity index is 0. The highest BCUT2D eigenvalue weighted by Gasteiger charge is 2.25. The van der Waals surface area contributed by atoms with Crippen molar-refractivity contribution in [3.05, 3.63) is 0 Å². The van der Waals surface area contributed by atoms with E-state index in [0.717, 1.165) is 6.42 Å². The van der Waals surface area contributed by atoms with Gasteiger partial charge in [0.15, 0.2) is 0 Å². The largest absolute Gasteiger partial charge is 0.460 e. The maximum atomic E-state index is 12.4. The lowest BCUT2D eigenvalue weighted by Gasteiger charge is -2.27. The predicted octanol–water partition coefficient (Wildman–Crippen LogP) is 4.40.